The number of rotatable bonds is 5. The minimum Gasteiger partial charge on any atom is -0.506 e. The lowest BCUT2D eigenvalue weighted by Crippen LogP contribution is -2.48. The number of carbonyl (C=O) groups excluding carboxylic acids is 1. The molecule has 1 heterocycles. The maximum absolute atomic E-state index is 12.2. The number of nitro benzene ring substituents is 1. The summed E-state index contributed by atoms with van der Waals surface area (Å²) in [5.41, 5.74) is 0.872. The summed E-state index contributed by atoms with van der Waals surface area (Å²) < 4.78 is 0. The Hall–Kier alpha value is -3.13. The van der Waals surface area contributed by atoms with Crippen LogP contribution in [0, 0.1) is 10.1 Å². The fourth-order valence-corrected chi connectivity index (χ4v) is 3.01. The van der Waals surface area contributed by atoms with Gasteiger partial charge in [-0.3, -0.25) is 19.8 Å². The Morgan fingerprint density at radius 1 is 1.08 bits per heavy atom. The van der Waals surface area contributed by atoms with Gasteiger partial charge in [-0.25, -0.2) is 0 Å². The molecule has 2 aromatic carbocycles. The molecule has 3 rings (SSSR count). The van der Waals surface area contributed by atoms with Crippen LogP contribution < -0.4 is 10.2 Å². The van der Waals surface area contributed by atoms with Gasteiger partial charge in [0.25, 0.3) is 5.69 Å². The van der Waals surface area contributed by atoms with Crippen LogP contribution in [0.5, 0.6) is 5.75 Å². The van der Waals surface area contributed by atoms with Gasteiger partial charge in [0.1, 0.15) is 11.4 Å². The smallest absolute Gasteiger partial charge is 0.292 e. The van der Waals surface area contributed by atoms with Gasteiger partial charge in [-0.15, -0.1) is 0 Å². The Kier molecular flexibility index (Phi) is 5.33. The van der Waals surface area contributed by atoms with E-state index < -0.39 is 4.92 Å². The van der Waals surface area contributed by atoms with Crippen molar-refractivity contribution in [3.63, 3.8) is 0 Å². The van der Waals surface area contributed by atoms with Crippen LogP contribution in [0.3, 0.4) is 0 Å². The van der Waals surface area contributed by atoms with Gasteiger partial charge in [-0.2, -0.15) is 0 Å². The molecule has 0 aromatic heterocycles. The van der Waals surface area contributed by atoms with Crippen LogP contribution in [0.25, 0.3) is 0 Å². The van der Waals surface area contributed by atoms with Gasteiger partial charge < -0.3 is 15.3 Å². The first-order valence-electron chi connectivity index (χ1n) is 8.33. The van der Waals surface area contributed by atoms with E-state index in [1.807, 2.05) is 17.0 Å². The molecule has 1 fully saturated rings. The van der Waals surface area contributed by atoms with Gasteiger partial charge >= 0.3 is 0 Å². The third-order valence-corrected chi connectivity index (χ3v) is 4.34. The minimum absolute atomic E-state index is 0.120. The molecular formula is C18H20N4O4. The molecular weight excluding hydrogens is 336 g/mol. The van der Waals surface area contributed by atoms with Gasteiger partial charge in [0.05, 0.1) is 17.2 Å². The van der Waals surface area contributed by atoms with E-state index in [4.69, 9.17) is 0 Å². The molecule has 1 amide bonds. The first-order valence-corrected chi connectivity index (χ1v) is 8.33. The van der Waals surface area contributed by atoms with Crippen LogP contribution in [-0.2, 0) is 4.79 Å². The van der Waals surface area contributed by atoms with Gasteiger partial charge in [-0.05, 0) is 18.2 Å². The predicted molar refractivity (Wildman–Crippen MR) is 98.5 cm³/mol. The molecule has 0 saturated carbocycles. The minimum atomic E-state index is -0.513. The first kappa shape index (κ1) is 17.7. The lowest BCUT2D eigenvalue weighted by atomic mass is 10.2. The average Bonchev–Trinajstić information content (AvgIpc) is 2.63. The molecule has 2 N–H and O–H groups in total. The molecule has 0 bridgehead atoms. The van der Waals surface area contributed by atoms with E-state index in [0.29, 0.717) is 26.2 Å². The first-order chi connectivity index (χ1) is 12.5. The van der Waals surface area contributed by atoms with Crippen LogP contribution >= 0.6 is 0 Å². The maximum Gasteiger partial charge on any atom is 0.292 e. The van der Waals surface area contributed by atoms with Crippen LogP contribution in [0.15, 0.2) is 48.5 Å². The van der Waals surface area contributed by atoms with Gasteiger partial charge in [0, 0.05) is 32.2 Å². The van der Waals surface area contributed by atoms with E-state index in [2.05, 4.69) is 10.2 Å². The number of aromatic hydroxyl groups is 1. The summed E-state index contributed by atoms with van der Waals surface area (Å²) in [6, 6.07) is 13.3. The second kappa shape index (κ2) is 7.83. The van der Waals surface area contributed by atoms with Crippen molar-refractivity contribution in [3.8, 4) is 5.75 Å². The zero-order valence-corrected chi connectivity index (χ0v) is 14.2. The number of piperazine rings is 1. The Morgan fingerprint density at radius 3 is 2.42 bits per heavy atom. The molecule has 0 aliphatic carbocycles. The number of carbonyl (C=O) groups is 1. The number of nitro groups is 1. The van der Waals surface area contributed by atoms with Crippen molar-refractivity contribution in [1.29, 1.82) is 0 Å². The van der Waals surface area contributed by atoms with Crippen LogP contribution in [0.2, 0.25) is 0 Å². The zero-order valence-electron chi connectivity index (χ0n) is 14.2. The molecule has 0 radical (unpaired) electrons. The second-order valence-corrected chi connectivity index (χ2v) is 6.07. The van der Waals surface area contributed by atoms with E-state index in [0.717, 1.165) is 5.69 Å². The Morgan fingerprint density at radius 2 is 1.73 bits per heavy atom. The molecule has 0 atom stereocenters. The number of para-hydroxylation sites is 4. The summed E-state index contributed by atoms with van der Waals surface area (Å²) in [7, 11) is 0. The van der Waals surface area contributed by atoms with Crippen molar-refractivity contribution in [3.05, 3.63) is 58.6 Å². The molecule has 8 heteroatoms. The zero-order chi connectivity index (χ0) is 18.5. The second-order valence-electron chi connectivity index (χ2n) is 6.07. The Labute approximate surface area is 150 Å². The molecule has 0 unspecified atom stereocenters. The van der Waals surface area contributed by atoms with E-state index in [1.165, 1.54) is 12.1 Å². The average molecular weight is 356 g/mol. The summed E-state index contributed by atoms with van der Waals surface area (Å²) in [5, 5.41) is 23.6. The number of phenols is 1. The van der Waals surface area contributed by atoms with Gasteiger partial charge in [-0.1, -0.05) is 24.3 Å². The fourth-order valence-electron chi connectivity index (χ4n) is 3.01. The SMILES string of the molecule is O=C(CN1CCN(c2ccccc2O)CC1)Nc1ccccc1[N+](=O)[O-]. The summed E-state index contributed by atoms with van der Waals surface area (Å²) in [5.74, 6) is -0.0367. The lowest BCUT2D eigenvalue weighted by Gasteiger charge is -2.35. The third-order valence-electron chi connectivity index (χ3n) is 4.34. The standard InChI is InChI=1S/C18H20N4O4/c23-17-8-4-3-7-16(17)21-11-9-20(10-12-21)13-18(24)19-14-5-1-2-6-15(14)22(25)26/h1-8,23H,9-13H2,(H,19,24). The van der Waals surface area contributed by atoms with Crippen molar-refractivity contribution in [1.82, 2.24) is 4.90 Å². The number of anilines is 2. The topological polar surface area (TPSA) is 99.0 Å². The van der Waals surface area contributed by atoms with E-state index in [9.17, 15) is 20.0 Å². The van der Waals surface area contributed by atoms with Crippen molar-refractivity contribution < 1.29 is 14.8 Å². The number of nitrogens with zero attached hydrogens (tertiary/aromatic N) is 3. The maximum atomic E-state index is 12.2. The normalized spacial score (nSPS) is 14.8. The highest BCUT2D eigenvalue weighted by atomic mass is 16.6. The number of nitrogens with one attached hydrogen (secondary N) is 1. The van der Waals surface area contributed by atoms with Gasteiger partial charge in [0.2, 0.25) is 5.91 Å². The molecule has 1 aliphatic heterocycles. The molecule has 26 heavy (non-hydrogen) atoms. The third kappa shape index (κ3) is 4.09. The molecule has 1 saturated heterocycles. The number of amides is 1. The van der Waals surface area contributed by atoms with E-state index in [1.54, 1.807) is 24.3 Å². The summed E-state index contributed by atoms with van der Waals surface area (Å²) in [4.78, 5) is 26.8. The molecule has 8 nitrogen and oxygen atoms in total. The highest BCUT2D eigenvalue weighted by Crippen LogP contribution is 2.27. The molecule has 136 valence electrons. The van der Waals surface area contributed by atoms with Crippen molar-refractivity contribution >= 4 is 23.0 Å². The van der Waals surface area contributed by atoms with Crippen molar-refractivity contribution in [2.75, 3.05) is 42.9 Å². The summed E-state index contributed by atoms with van der Waals surface area (Å²) >= 11 is 0. The predicted octanol–water partition coefficient (Wildman–Crippen LogP) is 2.06. The Balaban J connectivity index is 1.54. The Bertz CT molecular complexity index is 803. The monoisotopic (exact) mass is 356 g/mol. The van der Waals surface area contributed by atoms with E-state index >= 15 is 0 Å². The summed E-state index contributed by atoms with van der Waals surface area (Å²) in [6.07, 6.45) is 0. The molecule has 1 aliphatic rings. The highest BCUT2D eigenvalue weighted by molar-refractivity contribution is 5.94. The van der Waals surface area contributed by atoms with Crippen LogP contribution in [0.4, 0.5) is 17.1 Å². The van der Waals surface area contributed by atoms with Crippen LogP contribution in [-0.4, -0.2) is 53.6 Å². The van der Waals surface area contributed by atoms with Crippen LogP contribution in [0.1, 0.15) is 0 Å². The summed E-state index contributed by atoms with van der Waals surface area (Å²) in [6.45, 7) is 2.88. The lowest BCUT2D eigenvalue weighted by molar-refractivity contribution is -0.383. The quantitative estimate of drug-likeness (QED) is 0.628. The number of phenolic OH excluding ortho intramolecular Hbond substituents is 1. The van der Waals surface area contributed by atoms with E-state index in [-0.39, 0.29) is 29.6 Å². The number of hydrogen-bond donors (Lipinski definition) is 2. The van der Waals surface area contributed by atoms with Gasteiger partial charge in [0.15, 0.2) is 0 Å². The van der Waals surface area contributed by atoms with Crippen molar-refractivity contribution in [2.24, 2.45) is 0 Å². The number of hydrogen-bond acceptors (Lipinski definition) is 6. The molecule has 2 aromatic rings. The van der Waals surface area contributed by atoms with Crippen molar-refractivity contribution in [2.45, 2.75) is 0 Å². The number of benzene rings is 2. The fraction of sp³-hybridized carbons (Fsp3) is 0.278. The molecule has 0 spiro atoms. The largest absolute Gasteiger partial charge is 0.506 e. The highest BCUT2D eigenvalue weighted by Gasteiger charge is 2.22.